The lowest BCUT2D eigenvalue weighted by atomic mass is 10.0. The predicted octanol–water partition coefficient (Wildman–Crippen LogP) is 2.51. The normalized spacial score (nSPS) is 18.1. The summed E-state index contributed by atoms with van der Waals surface area (Å²) in [5.41, 5.74) is 3.29. The van der Waals surface area contributed by atoms with Gasteiger partial charge >= 0.3 is 0 Å². The molecule has 5 nitrogen and oxygen atoms in total. The smallest absolute Gasteiger partial charge is 0.258 e. The van der Waals surface area contributed by atoms with Crippen molar-refractivity contribution in [1.82, 2.24) is 10.2 Å². The van der Waals surface area contributed by atoms with E-state index in [1.807, 2.05) is 31.7 Å². The molecule has 1 saturated carbocycles. The second-order valence-corrected chi connectivity index (χ2v) is 7.38. The van der Waals surface area contributed by atoms with Crippen LogP contribution in [0.15, 0.2) is 12.1 Å². The van der Waals surface area contributed by atoms with E-state index < -0.39 is 0 Å². The minimum atomic E-state index is -0.0905. The molecule has 1 aliphatic heterocycles. The third-order valence-electron chi connectivity index (χ3n) is 5.32. The van der Waals surface area contributed by atoms with E-state index in [1.54, 1.807) is 0 Å². The predicted molar refractivity (Wildman–Crippen MR) is 96.6 cm³/mol. The van der Waals surface area contributed by atoms with Gasteiger partial charge in [-0.3, -0.25) is 9.59 Å². The van der Waals surface area contributed by atoms with Crippen molar-refractivity contribution in [2.45, 2.75) is 52.5 Å². The highest BCUT2D eigenvalue weighted by Crippen LogP contribution is 2.32. The fourth-order valence-electron chi connectivity index (χ4n) is 3.39. The molecule has 5 heteroatoms. The zero-order chi connectivity index (χ0) is 18.0. The van der Waals surface area contributed by atoms with Crippen LogP contribution in [0.4, 0.5) is 0 Å². The molecule has 0 unspecified atom stereocenters. The Balaban J connectivity index is 1.44. The highest BCUT2D eigenvalue weighted by molar-refractivity contribution is 5.81. The molecule has 0 bridgehead atoms. The lowest BCUT2D eigenvalue weighted by Gasteiger charge is -2.32. The van der Waals surface area contributed by atoms with Crippen LogP contribution in [0.3, 0.4) is 0 Å². The molecule has 1 saturated heterocycles. The van der Waals surface area contributed by atoms with Crippen molar-refractivity contribution in [3.8, 4) is 5.75 Å². The molecule has 25 heavy (non-hydrogen) atoms. The van der Waals surface area contributed by atoms with Crippen molar-refractivity contribution in [2.75, 3.05) is 19.7 Å². The van der Waals surface area contributed by atoms with Gasteiger partial charge in [0.2, 0.25) is 5.91 Å². The van der Waals surface area contributed by atoms with Gasteiger partial charge in [0.15, 0.2) is 6.61 Å². The van der Waals surface area contributed by atoms with Crippen LogP contribution in [0.5, 0.6) is 5.75 Å². The minimum Gasteiger partial charge on any atom is -0.483 e. The summed E-state index contributed by atoms with van der Waals surface area (Å²) >= 11 is 0. The van der Waals surface area contributed by atoms with Crippen LogP contribution in [-0.4, -0.2) is 42.5 Å². The summed E-state index contributed by atoms with van der Waals surface area (Å²) in [4.78, 5) is 26.2. The van der Waals surface area contributed by atoms with Crippen LogP contribution in [0.2, 0.25) is 0 Å². The number of piperidine rings is 1. The lowest BCUT2D eigenvalue weighted by molar-refractivity contribution is -0.133. The quantitative estimate of drug-likeness (QED) is 0.893. The van der Waals surface area contributed by atoms with Gasteiger partial charge in [0.1, 0.15) is 5.75 Å². The summed E-state index contributed by atoms with van der Waals surface area (Å²) in [6, 6.07) is 4.22. The molecule has 136 valence electrons. The van der Waals surface area contributed by atoms with E-state index in [2.05, 4.69) is 11.4 Å². The zero-order valence-corrected chi connectivity index (χ0v) is 15.4. The van der Waals surface area contributed by atoms with Gasteiger partial charge in [0.05, 0.1) is 0 Å². The second kappa shape index (κ2) is 7.46. The summed E-state index contributed by atoms with van der Waals surface area (Å²) in [5, 5.41) is 3.05. The van der Waals surface area contributed by atoms with Crippen LogP contribution < -0.4 is 10.1 Å². The monoisotopic (exact) mass is 344 g/mol. The van der Waals surface area contributed by atoms with Crippen molar-refractivity contribution in [1.29, 1.82) is 0 Å². The number of aryl methyl sites for hydroxylation is 2. The van der Waals surface area contributed by atoms with Gasteiger partial charge in [-0.25, -0.2) is 0 Å². The molecule has 1 aromatic carbocycles. The molecule has 2 fully saturated rings. The average Bonchev–Trinajstić information content (AvgIpc) is 3.43. The van der Waals surface area contributed by atoms with Crippen molar-refractivity contribution in [2.24, 2.45) is 5.92 Å². The number of rotatable bonds is 5. The molecule has 3 rings (SSSR count). The molecule has 1 N–H and O–H groups in total. The van der Waals surface area contributed by atoms with E-state index in [0.717, 1.165) is 61.2 Å². The summed E-state index contributed by atoms with van der Waals surface area (Å²) in [6.45, 7) is 7.58. The number of ether oxygens (including phenoxy) is 1. The first-order chi connectivity index (χ1) is 12.0. The van der Waals surface area contributed by atoms with Crippen LogP contribution in [0.1, 0.15) is 42.4 Å². The van der Waals surface area contributed by atoms with Crippen molar-refractivity contribution in [3.05, 3.63) is 28.8 Å². The van der Waals surface area contributed by atoms with Crippen LogP contribution in [-0.2, 0) is 9.59 Å². The number of carbonyl (C=O) groups excluding carboxylic acids is 2. The number of nitrogens with zero attached hydrogens (tertiary/aromatic N) is 1. The Labute approximate surface area is 149 Å². The fraction of sp³-hybridized carbons (Fsp3) is 0.600. The van der Waals surface area contributed by atoms with Crippen LogP contribution in [0, 0.1) is 26.7 Å². The molecular formula is C20H28N2O3. The number of carbonyl (C=O) groups is 2. The van der Waals surface area contributed by atoms with Crippen molar-refractivity contribution < 1.29 is 14.3 Å². The summed E-state index contributed by atoms with van der Waals surface area (Å²) in [5.74, 6) is 1.30. The van der Waals surface area contributed by atoms with Crippen molar-refractivity contribution in [3.63, 3.8) is 0 Å². The van der Waals surface area contributed by atoms with Gasteiger partial charge in [-0.1, -0.05) is 12.1 Å². The standard InChI is InChI=1S/C20H28N2O3/c1-13-4-5-14(2)19(15(13)3)25-12-18(23)21-17-8-10-22(11-9-17)20(24)16-6-7-16/h4-5,16-17H,6-12H2,1-3H3,(H,21,23). The maximum absolute atomic E-state index is 12.2. The van der Waals surface area contributed by atoms with Gasteiger partial charge in [-0.2, -0.15) is 0 Å². The van der Waals surface area contributed by atoms with E-state index in [0.29, 0.717) is 5.91 Å². The Morgan fingerprint density at radius 1 is 1.08 bits per heavy atom. The Bertz CT molecular complexity index is 659. The molecule has 0 atom stereocenters. The summed E-state index contributed by atoms with van der Waals surface area (Å²) < 4.78 is 5.77. The molecular weight excluding hydrogens is 316 g/mol. The number of benzene rings is 1. The second-order valence-electron chi connectivity index (χ2n) is 7.38. The Kier molecular flexibility index (Phi) is 5.30. The Morgan fingerprint density at radius 3 is 2.36 bits per heavy atom. The molecule has 0 aromatic heterocycles. The van der Waals surface area contributed by atoms with E-state index >= 15 is 0 Å². The maximum atomic E-state index is 12.2. The SMILES string of the molecule is Cc1ccc(C)c(OCC(=O)NC2CCN(C(=O)C3CC3)CC2)c1C. The molecule has 0 radical (unpaired) electrons. The lowest BCUT2D eigenvalue weighted by Crippen LogP contribution is -2.47. The van der Waals surface area contributed by atoms with E-state index in [1.165, 1.54) is 0 Å². The summed E-state index contributed by atoms with van der Waals surface area (Å²) in [7, 11) is 0. The average molecular weight is 344 g/mol. The van der Waals surface area contributed by atoms with Crippen LogP contribution >= 0.6 is 0 Å². The van der Waals surface area contributed by atoms with Crippen LogP contribution in [0.25, 0.3) is 0 Å². The van der Waals surface area contributed by atoms with Gasteiger partial charge in [0, 0.05) is 25.0 Å². The molecule has 2 amide bonds. The van der Waals surface area contributed by atoms with Gasteiger partial charge in [-0.05, 0) is 63.1 Å². The molecule has 2 aliphatic rings. The first-order valence-corrected chi connectivity index (χ1v) is 9.23. The first-order valence-electron chi connectivity index (χ1n) is 9.23. The van der Waals surface area contributed by atoms with E-state index in [4.69, 9.17) is 4.74 Å². The maximum Gasteiger partial charge on any atom is 0.258 e. The Morgan fingerprint density at radius 2 is 1.72 bits per heavy atom. The topological polar surface area (TPSA) is 58.6 Å². The highest BCUT2D eigenvalue weighted by Gasteiger charge is 2.35. The van der Waals surface area contributed by atoms with Gasteiger partial charge in [-0.15, -0.1) is 0 Å². The number of nitrogens with one attached hydrogen (secondary N) is 1. The molecule has 1 heterocycles. The minimum absolute atomic E-state index is 0.0341. The first kappa shape index (κ1) is 17.8. The molecule has 1 aliphatic carbocycles. The van der Waals surface area contributed by atoms with E-state index in [9.17, 15) is 9.59 Å². The number of hydrogen-bond donors (Lipinski definition) is 1. The Hall–Kier alpha value is -2.04. The molecule has 1 aromatic rings. The van der Waals surface area contributed by atoms with Gasteiger partial charge in [0.25, 0.3) is 5.91 Å². The fourth-order valence-corrected chi connectivity index (χ4v) is 3.39. The van der Waals surface area contributed by atoms with E-state index in [-0.39, 0.29) is 24.5 Å². The van der Waals surface area contributed by atoms with Gasteiger partial charge < -0.3 is 15.0 Å². The summed E-state index contributed by atoms with van der Waals surface area (Å²) in [6.07, 6.45) is 3.74. The van der Waals surface area contributed by atoms with Crippen molar-refractivity contribution >= 4 is 11.8 Å². The zero-order valence-electron chi connectivity index (χ0n) is 15.4. The highest BCUT2D eigenvalue weighted by atomic mass is 16.5. The number of amides is 2. The third kappa shape index (κ3) is 4.33. The largest absolute Gasteiger partial charge is 0.483 e. The molecule has 0 spiro atoms. The third-order valence-corrected chi connectivity index (χ3v) is 5.32. The number of likely N-dealkylation sites (tertiary alicyclic amines) is 1. The number of hydrogen-bond acceptors (Lipinski definition) is 3.